The first-order chi connectivity index (χ1) is 12.0. The molecule has 27 heavy (non-hydrogen) atoms. The van der Waals surface area contributed by atoms with E-state index in [0.29, 0.717) is 23.6 Å². The predicted molar refractivity (Wildman–Crippen MR) is 89.2 cm³/mol. The Balaban J connectivity index is 0.000000395. The van der Waals surface area contributed by atoms with E-state index in [-0.39, 0.29) is 30.2 Å². The Morgan fingerprint density at radius 1 is 1.33 bits per heavy atom. The maximum absolute atomic E-state index is 10.6. The largest absolute Gasteiger partial charge is 0.508 e. The van der Waals surface area contributed by atoms with Gasteiger partial charge in [-0.15, -0.1) is 0 Å². The minimum atomic E-state index is -5.08. The zero-order valence-electron chi connectivity index (χ0n) is 12.8. The van der Waals surface area contributed by atoms with Crippen molar-refractivity contribution >= 4 is 17.5 Å². The van der Waals surface area contributed by atoms with Crippen molar-refractivity contribution in [1.82, 2.24) is 4.98 Å². The van der Waals surface area contributed by atoms with Gasteiger partial charge in [0.15, 0.2) is 0 Å². The molecule has 0 unspecified atom stereocenters. The number of halogens is 3. The monoisotopic (exact) mass is 384 g/mol. The fraction of sp³-hybridized carbons (Fsp3) is 0.188. The molecule has 1 aromatic carbocycles. The van der Waals surface area contributed by atoms with Crippen LogP contribution in [0, 0.1) is 11.3 Å². The topological polar surface area (TPSA) is 155 Å². The van der Waals surface area contributed by atoms with E-state index in [1.54, 1.807) is 12.1 Å². The summed E-state index contributed by atoms with van der Waals surface area (Å²) in [5, 5.41) is 25.6. The molecule has 0 atom stereocenters. The number of phenols is 1. The summed E-state index contributed by atoms with van der Waals surface area (Å²) in [6.07, 6.45) is -4.65. The number of carboxylic acid groups (broad SMARTS) is 1. The summed E-state index contributed by atoms with van der Waals surface area (Å²) >= 11 is 0. The first kappa shape index (κ1) is 21.4. The van der Waals surface area contributed by atoms with E-state index in [1.165, 1.54) is 6.07 Å². The average molecular weight is 384 g/mol. The molecule has 2 heterocycles. The van der Waals surface area contributed by atoms with E-state index in [9.17, 15) is 18.3 Å². The van der Waals surface area contributed by atoms with Gasteiger partial charge in [-0.25, -0.2) is 4.79 Å². The molecular formula is C16H15F3N4O4. The molecule has 0 spiro atoms. The van der Waals surface area contributed by atoms with Gasteiger partial charge in [0.1, 0.15) is 28.9 Å². The number of aliphatic carboxylic acids is 1. The molecule has 0 fully saturated rings. The maximum Gasteiger partial charge on any atom is 0.490 e. The first-order valence-electron chi connectivity index (χ1n) is 6.82. The summed E-state index contributed by atoms with van der Waals surface area (Å²) < 4.78 is 37.3. The predicted octanol–water partition coefficient (Wildman–Crippen LogP) is 2.79. The molecule has 8 nitrogen and oxygen atoms in total. The summed E-state index contributed by atoms with van der Waals surface area (Å²) in [4.78, 5) is 13.0. The summed E-state index contributed by atoms with van der Waals surface area (Å²) in [5.41, 5.74) is 13.4. The van der Waals surface area contributed by atoms with E-state index in [0.717, 1.165) is 5.56 Å². The van der Waals surface area contributed by atoms with Crippen LogP contribution in [0.25, 0.3) is 0 Å². The SMILES string of the molecule is C.N#Cc1c(N)nc2c(c1N)Cc1cc(O)ccc1O2.O=C(O)C(F)(F)F. The van der Waals surface area contributed by atoms with Crippen molar-refractivity contribution in [2.45, 2.75) is 20.0 Å². The number of nitrogen functional groups attached to an aromatic ring is 2. The summed E-state index contributed by atoms with van der Waals surface area (Å²) in [6, 6.07) is 6.71. The van der Waals surface area contributed by atoms with Crippen molar-refractivity contribution in [1.29, 1.82) is 5.26 Å². The summed E-state index contributed by atoms with van der Waals surface area (Å²) in [7, 11) is 0. The number of carboxylic acids is 1. The van der Waals surface area contributed by atoms with Crippen molar-refractivity contribution in [3.63, 3.8) is 0 Å². The Labute approximate surface area is 151 Å². The smallest absolute Gasteiger partial charge is 0.490 e. The molecule has 1 aliphatic rings. The molecule has 0 amide bonds. The zero-order valence-corrected chi connectivity index (χ0v) is 12.8. The molecule has 6 N–H and O–H groups in total. The van der Waals surface area contributed by atoms with Crippen LogP contribution in [0.4, 0.5) is 24.7 Å². The number of phenolic OH excluding ortho intramolecular Hbond substituents is 1. The van der Waals surface area contributed by atoms with Crippen LogP contribution in [0.15, 0.2) is 18.2 Å². The average Bonchev–Trinajstić information content (AvgIpc) is 2.54. The van der Waals surface area contributed by atoms with Gasteiger partial charge in [-0.05, 0) is 18.2 Å². The molecule has 0 saturated carbocycles. The van der Waals surface area contributed by atoms with Gasteiger partial charge in [0.05, 0.1) is 5.69 Å². The minimum absolute atomic E-state index is 0. The number of hydrogen-bond acceptors (Lipinski definition) is 7. The molecule has 0 bridgehead atoms. The number of carbonyl (C=O) groups is 1. The summed E-state index contributed by atoms with van der Waals surface area (Å²) in [5.74, 6) is -1.64. The maximum atomic E-state index is 10.6. The van der Waals surface area contributed by atoms with Gasteiger partial charge in [-0.3, -0.25) is 0 Å². The fourth-order valence-electron chi connectivity index (χ4n) is 2.11. The van der Waals surface area contributed by atoms with Gasteiger partial charge in [0.2, 0.25) is 5.88 Å². The minimum Gasteiger partial charge on any atom is -0.508 e. The second kappa shape index (κ2) is 7.69. The van der Waals surface area contributed by atoms with Gasteiger partial charge < -0.3 is 26.4 Å². The number of benzene rings is 1. The van der Waals surface area contributed by atoms with Gasteiger partial charge >= 0.3 is 12.1 Å². The third kappa shape index (κ3) is 4.49. The number of rotatable bonds is 0. The molecule has 144 valence electrons. The number of fused-ring (bicyclic) bond motifs is 2. The number of aromatic nitrogens is 1. The van der Waals surface area contributed by atoms with E-state index in [2.05, 4.69) is 4.98 Å². The van der Waals surface area contributed by atoms with Crippen molar-refractivity contribution in [2.75, 3.05) is 11.5 Å². The van der Waals surface area contributed by atoms with Gasteiger partial charge in [0, 0.05) is 17.5 Å². The molecule has 3 rings (SSSR count). The lowest BCUT2D eigenvalue weighted by Gasteiger charge is -2.21. The Kier molecular flexibility index (Phi) is 6.09. The van der Waals surface area contributed by atoms with Crippen molar-refractivity contribution < 1.29 is 32.9 Å². The van der Waals surface area contributed by atoms with Gasteiger partial charge in [-0.1, -0.05) is 7.43 Å². The number of aromatic hydroxyl groups is 1. The second-order valence-electron chi connectivity index (χ2n) is 5.06. The van der Waals surface area contributed by atoms with Crippen molar-refractivity contribution in [2.24, 2.45) is 0 Å². The van der Waals surface area contributed by atoms with E-state index >= 15 is 0 Å². The Bertz CT molecular complexity index is 923. The molecule has 0 radical (unpaired) electrons. The van der Waals surface area contributed by atoms with Crippen LogP contribution in [-0.4, -0.2) is 27.3 Å². The second-order valence-corrected chi connectivity index (χ2v) is 5.06. The van der Waals surface area contributed by atoms with E-state index in [4.69, 9.17) is 31.4 Å². The lowest BCUT2D eigenvalue weighted by molar-refractivity contribution is -0.192. The van der Waals surface area contributed by atoms with E-state index < -0.39 is 12.1 Å². The number of nitriles is 1. The van der Waals surface area contributed by atoms with Crippen LogP contribution in [-0.2, 0) is 11.2 Å². The lowest BCUT2D eigenvalue weighted by Crippen LogP contribution is -2.21. The highest BCUT2D eigenvalue weighted by atomic mass is 19.4. The lowest BCUT2D eigenvalue weighted by atomic mass is 9.99. The molecule has 1 aliphatic heterocycles. The Hall–Kier alpha value is -3.68. The summed E-state index contributed by atoms with van der Waals surface area (Å²) in [6.45, 7) is 0. The van der Waals surface area contributed by atoms with Gasteiger partial charge in [0.25, 0.3) is 0 Å². The molecular weight excluding hydrogens is 369 g/mol. The molecule has 2 aromatic rings. The highest BCUT2D eigenvalue weighted by Crippen LogP contribution is 2.41. The number of nitrogens with zero attached hydrogens (tertiary/aromatic N) is 2. The van der Waals surface area contributed by atoms with E-state index in [1.807, 2.05) is 6.07 Å². The third-order valence-corrected chi connectivity index (χ3v) is 3.30. The number of alkyl halides is 3. The number of hydrogen-bond donors (Lipinski definition) is 4. The number of nitrogens with two attached hydrogens (primary N) is 2. The molecule has 0 aliphatic carbocycles. The van der Waals surface area contributed by atoms with Crippen molar-refractivity contribution in [3.8, 4) is 23.4 Å². The van der Waals surface area contributed by atoms with Gasteiger partial charge in [-0.2, -0.15) is 23.4 Å². The Morgan fingerprint density at radius 2 is 1.93 bits per heavy atom. The molecule has 11 heteroatoms. The van der Waals surface area contributed by atoms with Crippen LogP contribution in [0.5, 0.6) is 17.4 Å². The standard InChI is InChI=1S/C13H10N4O2.C2HF3O2.CH4/c14-5-9-11(15)8-4-6-3-7(18)1-2-10(6)19-13(8)17-12(9)16;3-2(4,5)1(6)7;/h1-3,18H,4H2,(H4,15,16,17);(H,6,7);1H4. The quantitative estimate of drug-likeness (QED) is 0.461. The van der Waals surface area contributed by atoms with Crippen molar-refractivity contribution in [3.05, 3.63) is 34.9 Å². The molecule has 0 saturated heterocycles. The van der Waals surface area contributed by atoms with Crippen LogP contribution in [0.1, 0.15) is 24.1 Å². The fourth-order valence-corrected chi connectivity index (χ4v) is 2.11. The third-order valence-electron chi connectivity index (χ3n) is 3.30. The first-order valence-corrected chi connectivity index (χ1v) is 6.82. The highest BCUT2D eigenvalue weighted by molar-refractivity contribution is 5.73. The number of ether oxygens (including phenoxy) is 1. The van der Waals surface area contributed by atoms with Crippen LogP contribution >= 0.6 is 0 Å². The van der Waals surface area contributed by atoms with Crippen LogP contribution in [0.3, 0.4) is 0 Å². The number of anilines is 2. The normalized spacial score (nSPS) is 11.3. The number of pyridine rings is 1. The zero-order chi connectivity index (χ0) is 19.6. The van der Waals surface area contributed by atoms with Crippen LogP contribution in [0.2, 0.25) is 0 Å². The Morgan fingerprint density at radius 3 is 2.44 bits per heavy atom. The highest BCUT2D eigenvalue weighted by Gasteiger charge is 2.38. The van der Waals surface area contributed by atoms with Crippen LogP contribution < -0.4 is 16.2 Å². The molecule has 1 aromatic heterocycles.